The number of aliphatic hydroxyl groups excluding tert-OH is 1. The van der Waals surface area contributed by atoms with Crippen LogP contribution in [0, 0.1) is 6.92 Å². The van der Waals surface area contributed by atoms with E-state index in [9.17, 15) is 14.7 Å². The van der Waals surface area contributed by atoms with E-state index in [1.807, 2.05) is 6.92 Å². The third-order valence-corrected chi connectivity index (χ3v) is 5.67. The first-order valence-corrected chi connectivity index (χ1v) is 11.0. The molecule has 0 saturated carbocycles. The third kappa shape index (κ3) is 4.24. The topological polar surface area (TPSA) is 102 Å². The molecule has 0 unspecified atom stereocenters. The number of aliphatic hydroxyl groups is 1. The zero-order chi connectivity index (χ0) is 24.4. The van der Waals surface area contributed by atoms with Gasteiger partial charge in [0.1, 0.15) is 23.0 Å². The van der Waals surface area contributed by atoms with Crippen LogP contribution in [0.1, 0.15) is 36.3 Å². The van der Waals surface area contributed by atoms with Gasteiger partial charge in [0.15, 0.2) is 5.82 Å². The largest absolute Gasteiger partial charge is 0.507 e. The Morgan fingerprint density at radius 1 is 1.21 bits per heavy atom. The van der Waals surface area contributed by atoms with Crippen molar-refractivity contribution in [3.8, 4) is 11.5 Å². The minimum absolute atomic E-state index is 0.0977. The monoisotopic (exact) mass is 482 g/mol. The van der Waals surface area contributed by atoms with Gasteiger partial charge in [-0.05, 0) is 49.2 Å². The number of halogens is 1. The molecule has 2 aromatic carbocycles. The molecular weight excluding hydrogens is 460 g/mol. The lowest BCUT2D eigenvalue weighted by molar-refractivity contribution is -0.132. The molecule has 1 N–H and O–H groups in total. The predicted octanol–water partition coefficient (Wildman–Crippen LogP) is 5.06. The van der Waals surface area contributed by atoms with Gasteiger partial charge in [-0.2, -0.15) is 0 Å². The fourth-order valence-corrected chi connectivity index (χ4v) is 4.07. The zero-order valence-electron chi connectivity index (χ0n) is 18.9. The molecule has 0 bridgehead atoms. The molecule has 1 atom stereocenters. The third-order valence-electron chi connectivity index (χ3n) is 5.38. The number of hydrogen-bond donors (Lipinski definition) is 1. The van der Waals surface area contributed by atoms with Crippen molar-refractivity contribution in [2.24, 2.45) is 0 Å². The Bertz CT molecular complexity index is 1280. The summed E-state index contributed by atoms with van der Waals surface area (Å²) in [6, 6.07) is 12.2. The van der Waals surface area contributed by atoms with Gasteiger partial charge in [0, 0.05) is 11.6 Å². The number of Topliss-reactive ketones (excluding diaryl/α,β-unsaturated/α-hetero) is 1. The molecular formula is C25H23ClN2O6. The van der Waals surface area contributed by atoms with Gasteiger partial charge in [-0.15, -0.1) is 0 Å². The summed E-state index contributed by atoms with van der Waals surface area (Å²) < 4.78 is 16.1. The van der Waals surface area contributed by atoms with Crippen LogP contribution in [0.3, 0.4) is 0 Å². The first-order chi connectivity index (χ1) is 16.3. The smallest absolute Gasteiger partial charge is 0.301 e. The molecule has 4 rings (SSSR count). The van der Waals surface area contributed by atoms with Gasteiger partial charge >= 0.3 is 5.91 Å². The number of amides is 1. The van der Waals surface area contributed by atoms with Crippen molar-refractivity contribution in [3.05, 3.63) is 76.0 Å². The number of aromatic nitrogens is 1. The number of hydrogen-bond acceptors (Lipinski definition) is 7. The maximum absolute atomic E-state index is 13.2. The van der Waals surface area contributed by atoms with E-state index in [1.54, 1.807) is 49.4 Å². The molecule has 176 valence electrons. The Morgan fingerprint density at radius 2 is 2.00 bits per heavy atom. The van der Waals surface area contributed by atoms with Crippen molar-refractivity contribution >= 4 is 34.9 Å². The van der Waals surface area contributed by atoms with Crippen LogP contribution in [-0.4, -0.2) is 35.7 Å². The highest BCUT2D eigenvalue weighted by molar-refractivity contribution is 6.51. The molecule has 1 aliphatic rings. The molecule has 3 aromatic rings. The molecule has 8 nitrogen and oxygen atoms in total. The highest BCUT2D eigenvalue weighted by Crippen LogP contribution is 2.43. The summed E-state index contributed by atoms with van der Waals surface area (Å²) in [6.07, 6.45) is 0.819. The maximum Gasteiger partial charge on any atom is 0.301 e. The molecule has 1 aromatic heterocycles. The lowest BCUT2D eigenvalue weighted by Crippen LogP contribution is -2.29. The molecule has 0 spiro atoms. The molecule has 0 aliphatic carbocycles. The molecule has 34 heavy (non-hydrogen) atoms. The van der Waals surface area contributed by atoms with E-state index in [1.165, 1.54) is 18.1 Å². The standard InChI is InChI=1S/C25H23ClN2O6/c1-4-10-33-17-7-5-6-15(12-17)22-21(23(29)16-8-9-19(32-3)18(26)13-16)24(30)25(31)28(22)20-11-14(2)34-27-20/h5-9,11-13,22,29H,4,10H2,1-3H3/t22-/m0/s1. The van der Waals surface area contributed by atoms with Gasteiger partial charge < -0.3 is 19.1 Å². The summed E-state index contributed by atoms with van der Waals surface area (Å²) in [4.78, 5) is 27.6. The van der Waals surface area contributed by atoms with Crippen molar-refractivity contribution in [1.82, 2.24) is 5.16 Å². The van der Waals surface area contributed by atoms with Gasteiger partial charge in [-0.1, -0.05) is 35.8 Å². The lowest BCUT2D eigenvalue weighted by atomic mass is 9.95. The number of rotatable bonds is 7. The second-order valence-electron chi connectivity index (χ2n) is 7.74. The van der Waals surface area contributed by atoms with E-state index in [4.69, 9.17) is 25.6 Å². The van der Waals surface area contributed by atoms with E-state index in [0.29, 0.717) is 29.4 Å². The first kappa shape index (κ1) is 23.4. The van der Waals surface area contributed by atoms with Crippen molar-refractivity contribution < 1.29 is 28.7 Å². The Morgan fingerprint density at radius 3 is 2.65 bits per heavy atom. The predicted molar refractivity (Wildman–Crippen MR) is 126 cm³/mol. The highest BCUT2D eigenvalue weighted by atomic mass is 35.5. The summed E-state index contributed by atoms with van der Waals surface area (Å²) in [5.41, 5.74) is 0.734. The van der Waals surface area contributed by atoms with Gasteiger partial charge in [0.25, 0.3) is 5.78 Å². The Labute approximate surface area is 201 Å². The number of nitrogens with zero attached hydrogens (tertiary/aromatic N) is 2. The molecule has 1 fully saturated rings. The fraction of sp³-hybridized carbons (Fsp3) is 0.240. The Balaban J connectivity index is 1.90. The molecule has 1 aliphatic heterocycles. The number of anilines is 1. The zero-order valence-corrected chi connectivity index (χ0v) is 19.6. The van der Waals surface area contributed by atoms with Crippen LogP contribution >= 0.6 is 11.6 Å². The van der Waals surface area contributed by atoms with Gasteiger partial charge in [-0.3, -0.25) is 14.5 Å². The number of carbonyl (C=O) groups is 2. The first-order valence-electron chi connectivity index (χ1n) is 10.7. The van der Waals surface area contributed by atoms with E-state index in [0.717, 1.165) is 6.42 Å². The molecule has 2 heterocycles. The van der Waals surface area contributed by atoms with Crippen LogP contribution in [-0.2, 0) is 9.59 Å². The Kier molecular flexibility index (Phi) is 6.61. The number of ketones is 1. The quantitative estimate of drug-likeness (QED) is 0.285. The summed E-state index contributed by atoms with van der Waals surface area (Å²) in [5.74, 6) is -0.429. The van der Waals surface area contributed by atoms with E-state index in [-0.39, 0.29) is 27.7 Å². The van der Waals surface area contributed by atoms with E-state index >= 15 is 0 Å². The summed E-state index contributed by atoms with van der Waals surface area (Å²) in [6.45, 7) is 4.18. The van der Waals surface area contributed by atoms with Crippen LogP contribution in [0.25, 0.3) is 5.76 Å². The number of methoxy groups -OCH3 is 1. The maximum atomic E-state index is 13.2. The summed E-state index contributed by atoms with van der Waals surface area (Å²) in [5, 5.41) is 15.4. The van der Waals surface area contributed by atoms with Gasteiger partial charge in [-0.25, -0.2) is 0 Å². The van der Waals surface area contributed by atoms with Crippen LogP contribution < -0.4 is 14.4 Å². The van der Waals surface area contributed by atoms with Gasteiger partial charge in [0.2, 0.25) is 0 Å². The number of carbonyl (C=O) groups excluding carboxylic acids is 2. The highest BCUT2D eigenvalue weighted by Gasteiger charge is 2.48. The normalized spacial score (nSPS) is 17.3. The molecule has 0 radical (unpaired) electrons. The van der Waals surface area contributed by atoms with Crippen molar-refractivity contribution in [2.75, 3.05) is 18.6 Å². The summed E-state index contributed by atoms with van der Waals surface area (Å²) >= 11 is 6.24. The van der Waals surface area contributed by atoms with E-state index < -0.39 is 17.7 Å². The van der Waals surface area contributed by atoms with Crippen molar-refractivity contribution in [3.63, 3.8) is 0 Å². The average molecular weight is 483 g/mol. The molecule has 1 amide bonds. The summed E-state index contributed by atoms with van der Waals surface area (Å²) in [7, 11) is 1.47. The van der Waals surface area contributed by atoms with Crippen LogP contribution in [0.5, 0.6) is 11.5 Å². The van der Waals surface area contributed by atoms with Crippen LogP contribution in [0.15, 0.2) is 58.6 Å². The van der Waals surface area contributed by atoms with Gasteiger partial charge in [0.05, 0.1) is 30.4 Å². The lowest BCUT2D eigenvalue weighted by Gasteiger charge is -2.23. The van der Waals surface area contributed by atoms with Crippen LogP contribution in [0.4, 0.5) is 5.82 Å². The second-order valence-corrected chi connectivity index (χ2v) is 8.14. The SMILES string of the molecule is CCCOc1cccc([C@H]2C(=C(O)c3ccc(OC)c(Cl)c3)C(=O)C(=O)N2c2cc(C)on2)c1. The van der Waals surface area contributed by atoms with Crippen molar-refractivity contribution in [2.45, 2.75) is 26.3 Å². The number of ether oxygens (including phenoxy) is 2. The minimum Gasteiger partial charge on any atom is -0.507 e. The van der Waals surface area contributed by atoms with Crippen LogP contribution in [0.2, 0.25) is 5.02 Å². The molecule has 1 saturated heterocycles. The van der Waals surface area contributed by atoms with E-state index in [2.05, 4.69) is 5.16 Å². The second kappa shape index (κ2) is 9.61. The molecule has 9 heteroatoms. The minimum atomic E-state index is -0.962. The average Bonchev–Trinajstić information content (AvgIpc) is 3.37. The fourth-order valence-electron chi connectivity index (χ4n) is 3.81. The van der Waals surface area contributed by atoms with Crippen molar-refractivity contribution in [1.29, 1.82) is 0 Å². The number of benzene rings is 2. The Hall–Kier alpha value is -3.78. The number of aryl methyl sites for hydroxylation is 1.